The van der Waals surface area contributed by atoms with Crippen LogP contribution in [0.1, 0.15) is 49.4 Å². The number of fused-ring (bicyclic) bond motifs is 3. The van der Waals surface area contributed by atoms with Gasteiger partial charge >= 0.3 is 0 Å². The van der Waals surface area contributed by atoms with Crippen molar-refractivity contribution in [3.05, 3.63) is 81.4 Å². The molecule has 6 heteroatoms. The second-order valence-electron chi connectivity index (χ2n) is 8.47. The molecule has 4 atom stereocenters. The van der Waals surface area contributed by atoms with Crippen molar-refractivity contribution in [3.63, 3.8) is 0 Å². The minimum atomic E-state index is -0.961. The third-order valence-electron chi connectivity index (χ3n) is 5.68. The average molecular weight is 377 g/mol. The van der Waals surface area contributed by atoms with E-state index in [1.165, 1.54) is 0 Å². The van der Waals surface area contributed by atoms with Crippen LogP contribution in [0.15, 0.2) is 59.7 Å². The number of hydrogen-bond acceptors (Lipinski definition) is 5. The van der Waals surface area contributed by atoms with Crippen molar-refractivity contribution in [2.45, 2.75) is 44.8 Å². The second-order valence-corrected chi connectivity index (χ2v) is 8.47. The van der Waals surface area contributed by atoms with Gasteiger partial charge in [0.25, 0.3) is 0 Å². The molecule has 0 spiro atoms. The third kappa shape index (κ3) is 2.80. The van der Waals surface area contributed by atoms with Crippen LogP contribution in [0, 0.1) is 15.5 Å². The predicted molar refractivity (Wildman–Crippen MR) is 107 cm³/mol. The topological polar surface area (TPSA) is 75.8 Å². The molecule has 0 aliphatic carbocycles. The van der Waals surface area contributed by atoms with E-state index < -0.39 is 29.5 Å². The first kappa shape index (κ1) is 18.3. The Kier molecular flexibility index (Phi) is 4.29. The lowest BCUT2D eigenvalue weighted by Crippen LogP contribution is -2.43. The summed E-state index contributed by atoms with van der Waals surface area (Å²) >= 11 is 0. The molecule has 2 aliphatic heterocycles. The molecule has 144 valence electrons. The molecule has 1 saturated heterocycles. The Balaban J connectivity index is 1.94. The van der Waals surface area contributed by atoms with E-state index in [1.807, 2.05) is 75.4 Å². The number of nitrogens with zero attached hydrogens (tertiary/aromatic N) is 3. The Bertz CT molecular complexity index is 949. The molecule has 0 saturated carbocycles. The summed E-state index contributed by atoms with van der Waals surface area (Å²) in [4.78, 5) is 25.5. The third-order valence-corrected chi connectivity index (χ3v) is 5.68. The van der Waals surface area contributed by atoms with Gasteiger partial charge in [0.05, 0.1) is 12.1 Å². The first-order valence-electron chi connectivity index (χ1n) is 9.44. The van der Waals surface area contributed by atoms with Crippen molar-refractivity contribution in [3.8, 4) is 0 Å². The summed E-state index contributed by atoms with van der Waals surface area (Å²) < 4.78 is 0. The summed E-state index contributed by atoms with van der Waals surface area (Å²) in [6.07, 6.45) is 1.71. The van der Waals surface area contributed by atoms with Gasteiger partial charge in [0, 0.05) is 15.9 Å². The number of hydrazone groups is 1. The highest BCUT2D eigenvalue weighted by Crippen LogP contribution is 2.50. The van der Waals surface area contributed by atoms with Crippen LogP contribution in [0.25, 0.3) is 0 Å². The van der Waals surface area contributed by atoms with Gasteiger partial charge in [-0.1, -0.05) is 75.4 Å². The van der Waals surface area contributed by atoms with Gasteiger partial charge in [0.1, 0.15) is 12.1 Å². The number of Topliss-reactive ketones (excluding diaryl/α,β-unsaturated/α-hetero) is 1. The maximum atomic E-state index is 13.4. The summed E-state index contributed by atoms with van der Waals surface area (Å²) in [5.41, 5.74) is 1.88. The van der Waals surface area contributed by atoms with Gasteiger partial charge in [-0.15, -0.1) is 0 Å². The Morgan fingerprint density at radius 1 is 1.07 bits per heavy atom. The molecule has 28 heavy (non-hydrogen) atoms. The number of ketones is 1. The van der Waals surface area contributed by atoms with Gasteiger partial charge in [-0.2, -0.15) is 5.10 Å². The molecular weight excluding hydrogens is 354 g/mol. The fraction of sp³-hybridized carbons (Fsp3) is 0.364. The summed E-state index contributed by atoms with van der Waals surface area (Å²) in [6, 6.07) is 14.7. The number of nitro groups is 1. The van der Waals surface area contributed by atoms with E-state index in [0.717, 1.165) is 16.7 Å². The number of rotatable bonds is 3. The lowest BCUT2D eigenvalue weighted by molar-refractivity contribution is -0.529. The van der Waals surface area contributed by atoms with Crippen LogP contribution in [0.4, 0.5) is 0 Å². The van der Waals surface area contributed by atoms with Crippen LogP contribution in [-0.2, 0) is 4.79 Å². The molecule has 2 aromatic rings. The smallest absolute Gasteiger partial charge is 0.248 e. The van der Waals surface area contributed by atoms with Crippen LogP contribution in [-0.4, -0.2) is 34.0 Å². The molecule has 0 aromatic heterocycles. The van der Waals surface area contributed by atoms with Gasteiger partial charge in [0.2, 0.25) is 6.04 Å². The zero-order valence-corrected chi connectivity index (χ0v) is 16.1. The summed E-state index contributed by atoms with van der Waals surface area (Å²) in [7, 11) is 0. The molecule has 2 heterocycles. The zero-order valence-electron chi connectivity index (χ0n) is 16.1. The molecule has 6 nitrogen and oxygen atoms in total. The van der Waals surface area contributed by atoms with Crippen molar-refractivity contribution in [2.24, 2.45) is 10.5 Å². The highest BCUT2D eigenvalue weighted by Gasteiger charge is 2.61. The van der Waals surface area contributed by atoms with Crippen molar-refractivity contribution in [1.29, 1.82) is 0 Å². The maximum Gasteiger partial charge on any atom is 0.248 e. The van der Waals surface area contributed by atoms with Gasteiger partial charge in [0.15, 0.2) is 5.78 Å². The van der Waals surface area contributed by atoms with E-state index in [4.69, 9.17) is 0 Å². The lowest BCUT2D eigenvalue weighted by Gasteiger charge is -2.33. The molecule has 1 fully saturated rings. The van der Waals surface area contributed by atoms with Gasteiger partial charge in [-0.05, 0) is 11.1 Å². The van der Waals surface area contributed by atoms with Crippen LogP contribution in [0.3, 0.4) is 0 Å². The second kappa shape index (κ2) is 6.55. The molecule has 2 aliphatic rings. The molecule has 2 aromatic carbocycles. The highest BCUT2D eigenvalue weighted by atomic mass is 16.6. The zero-order chi connectivity index (χ0) is 20.1. The monoisotopic (exact) mass is 377 g/mol. The Labute approximate surface area is 164 Å². The molecule has 0 N–H and O–H groups in total. The van der Waals surface area contributed by atoms with E-state index in [9.17, 15) is 14.9 Å². The van der Waals surface area contributed by atoms with E-state index in [2.05, 4.69) is 5.10 Å². The lowest BCUT2D eigenvalue weighted by atomic mass is 9.78. The van der Waals surface area contributed by atoms with E-state index in [0.29, 0.717) is 0 Å². The minimum Gasteiger partial charge on any atom is -0.297 e. The molecular formula is C22H23N3O3. The molecule has 0 bridgehead atoms. The van der Waals surface area contributed by atoms with E-state index in [-0.39, 0.29) is 10.7 Å². The first-order valence-corrected chi connectivity index (χ1v) is 9.44. The largest absolute Gasteiger partial charge is 0.297 e. The van der Waals surface area contributed by atoms with Gasteiger partial charge in [-0.3, -0.25) is 19.9 Å². The molecule has 0 radical (unpaired) electrons. The van der Waals surface area contributed by atoms with E-state index >= 15 is 0 Å². The number of hydrogen-bond donors (Lipinski definition) is 0. The SMILES string of the molecule is CC(C)(C)C(=O)[C@@H]1[C@H](c2ccccc2)[C@@H]([N+](=O)[O-])[C@H]2c3ccccc3C=NN12. The van der Waals surface area contributed by atoms with Crippen LogP contribution in [0.2, 0.25) is 0 Å². The normalized spacial score (nSPS) is 25.9. The molecule has 0 unspecified atom stereocenters. The fourth-order valence-corrected chi connectivity index (χ4v) is 4.40. The maximum absolute atomic E-state index is 13.4. The van der Waals surface area contributed by atoms with Crippen LogP contribution >= 0.6 is 0 Å². The number of benzene rings is 2. The standard InChI is InChI=1S/C22H23N3O3/c1-22(2,3)21(26)20-17(14-9-5-4-6-10-14)19(25(27)28)18-16-12-8-7-11-15(16)13-23-24(18)20/h4-13,17-20H,1-3H3/t17-,18-,19-,20+/m1/s1. The van der Waals surface area contributed by atoms with Gasteiger partial charge in [-0.25, -0.2) is 0 Å². The fourth-order valence-electron chi connectivity index (χ4n) is 4.40. The van der Waals surface area contributed by atoms with Crippen molar-refractivity contribution in [1.82, 2.24) is 5.01 Å². The first-order chi connectivity index (χ1) is 13.3. The molecule has 0 amide bonds. The molecule has 4 rings (SSSR count). The van der Waals surface area contributed by atoms with Crippen LogP contribution < -0.4 is 0 Å². The average Bonchev–Trinajstić information content (AvgIpc) is 3.03. The Morgan fingerprint density at radius 2 is 1.71 bits per heavy atom. The van der Waals surface area contributed by atoms with E-state index in [1.54, 1.807) is 11.2 Å². The van der Waals surface area contributed by atoms with Gasteiger partial charge < -0.3 is 0 Å². The summed E-state index contributed by atoms with van der Waals surface area (Å²) in [6.45, 7) is 5.56. The Morgan fingerprint density at radius 3 is 2.36 bits per heavy atom. The summed E-state index contributed by atoms with van der Waals surface area (Å²) in [5, 5.41) is 18.5. The number of carbonyl (C=O) groups excluding carboxylic acids is 1. The van der Waals surface area contributed by atoms with Crippen molar-refractivity contribution >= 4 is 12.0 Å². The van der Waals surface area contributed by atoms with Crippen molar-refractivity contribution in [2.75, 3.05) is 0 Å². The minimum absolute atomic E-state index is 0.0350. The highest BCUT2D eigenvalue weighted by molar-refractivity contribution is 5.91. The Hall–Kier alpha value is -3.02. The predicted octanol–water partition coefficient (Wildman–Crippen LogP) is 3.80. The quantitative estimate of drug-likeness (QED) is 0.602. The van der Waals surface area contributed by atoms with Crippen molar-refractivity contribution < 1.29 is 9.72 Å². The van der Waals surface area contributed by atoms with Crippen LogP contribution in [0.5, 0.6) is 0 Å². The summed E-state index contributed by atoms with van der Waals surface area (Å²) in [5.74, 6) is -0.608. The number of carbonyl (C=O) groups is 1.